The minimum absolute atomic E-state index is 0. The molecule has 0 aliphatic heterocycles. The van der Waals surface area contributed by atoms with Crippen LogP contribution in [0.5, 0.6) is 0 Å². The molecule has 0 spiro atoms. The molecule has 0 aliphatic carbocycles. The van der Waals surface area contributed by atoms with Crippen LogP contribution in [-0.4, -0.2) is 52.3 Å². The molecule has 0 saturated heterocycles. The molecule has 26 heavy (non-hydrogen) atoms. The molecule has 6 nitrogen and oxygen atoms in total. The standard InChI is InChI=1S/C18H24N2O4S.ClH/c1-20(2)11-12-24-14-18(21)15-7-6-8-16(13-15)19-25(22,23)17-9-4-3-5-10-17;/h3-10,13,18-19,21H,11-12,14H2,1-2H3;1H. The Morgan fingerprint density at radius 1 is 1.12 bits per heavy atom. The number of nitrogens with zero attached hydrogens (tertiary/aromatic N) is 1. The Bertz CT molecular complexity index is 770. The quantitative estimate of drug-likeness (QED) is 0.632. The van der Waals surface area contributed by atoms with Crippen molar-refractivity contribution in [3.8, 4) is 0 Å². The van der Waals surface area contributed by atoms with Gasteiger partial charge in [0, 0.05) is 12.2 Å². The van der Waals surface area contributed by atoms with Crippen molar-refractivity contribution in [1.29, 1.82) is 0 Å². The van der Waals surface area contributed by atoms with Crippen molar-refractivity contribution in [2.75, 3.05) is 38.6 Å². The van der Waals surface area contributed by atoms with Gasteiger partial charge in [-0.1, -0.05) is 30.3 Å². The molecule has 0 aromatic heterocycles. The van der Waals surface area contributed by atoms with Crippen LogP contribution in [0.25, 0.3) is 0 Å². The van der Waals surface area contributed by atoms with Gasteiger partial charge in [0.05, 0.1) is 18.1 Å². The monoisotopic (exact) mass is 400 g/mol. The minimum Gasteiger partial charge on any atom is -0.386 e. The van der Waals surface area contributed by atoms with E-state index in [2.05, 4.69) is 4.72 Å². The number of likely N-dealkylation sites (N-methyl/N-ethyl adjacent to an activating group) is 1. The molecule has 0 bridgehead atoms. The highest BCUT2D eigenvalue weighted by Gasteiger charge is 2.15. The van der Waals surface area contributed by atoms with E-state index >= 15 is 0 Å². The number of halogens is 1. The van der Waals surface area contributed by atoms with Gasteiger partial charge in [-0.25, -0.2) is 8.42 Å². The van der Waals surface area contributed by atoms with Crippen LogP contribution >= 0.6 is 12.4 Å². The van der Waals surface area contributed by atoms with Crippen molar-refractivity contribution < 1.29 is 18.3 Å². The Balaban J connectivity index is 0.00000338. The second kappa shape index (κ2) is 10.5. The first-order valence-corrected chi connectivity index (χ1v) is 9.45. The second-order valence-electron chi connectivity index (χ2n) is 5.94. The largest absolute Gasteiger partial charge is 0.386 e. The van der Waals surface area contributed by atoms with Crippen molar-refractivity contribution in [3.05, 3.63) is 60.2 Å². The summed E-state index contributed by atoms with van der Waals surface area (Å²) in [4.78, 5) is 2.18. The van der Waals surface area contributed by atoms with Gasteiger partial charge in [-0.15, -0.1) is 12.4 Å². The molecule has 0 saturated carbocycles. The summed E-state index contributed by atoms with van der Waals surface area (Å²) in [5.41, 5.74) is 0.992. The Kier molecular flexibility index (Phi) is 9.04. The van der Waals surface area contributed by atoms with Crippen molar-refractivity contribution in [1.82, 2.24) is 4.90 Å². The maximum absolute atomic E-state index is 12.4. The predicted molar refractivity (Wildman–Crippen MR) is 105 cm³/mol. The van der Waals surface area contributed by atoms with E-state index in [4.69, 9.17) is 4.74 Å². The summed E-state index contributed by atoms with van der Waals surface area (Å²) < 4.78 is 32.7. The van der Waals surface area contributed by atoms with Crippen molar-refractivity contribution in [3.63, 3.8) is 0 Å². The van der Waals surface area contributed by atoms with E-state index < -0.39 is 16.1 Å². The smallest absolute Gasteiger partial charge is 0.261 e. The average molecular weight is 401 g/mol. The molecule has 8 heteroatoms. The first kappa shape index (κ1) is 22.4. The van der Waals surface area contributed by atoms with Crippen LogP contribution in [0.4, 0.5) is 5.69 Å². The number of ether oxygens (including phenoxy) is 1. The van der Waals surface area contributed by atoms with E-state index in [9.17, 15) is 13.5 Å². The topological polar surface area (TPSA) is 78.9 Å². The summed E-state index contributed by atoms with van der Waals surface area (Å²) >= 11 is 0. The van der Waals surface area contributed by atoms with Gasteiger partial charge in [-0.3, -0.25) is 4.72 Å². The zero-order chi connectivity index (χ0) is 18.3. The predicted octanol–water partition coefficient (Wildman–Crippen LogP) is 2.52. The number of nitrogens with one attached hydrogen (secondary N) is 1. The molecule has 2 rings (SSSR count). The molecule has 2 aromatic carbocycles. The number of anilines is 1. The molecule has 0 heterocycles. The highest BCUT2D eigenvalue weighted by Crippen LogP contribution is 2.21. The summed E-state index contributed by atoms with van der Waals surface area (Å²) in [6.45, 7) is 1.44. The number of hydrogen-bond donors (Lipinski definition) is 2. The van der Waals surface area contributed by atoms with Crippen LogP contribution in [0.15, 0.2) is 59.5 Å². The van der Waals surface area contributed by atoms with E-state index in [0.717, 1.165) is 6.54 Å². The third kappa shape index (κ3) is 6.93. The molecule has 144 valence electrons. The zero-order valence-corrected chi connectivity index (χ0v) is 16.5. The number of rotatable bonds is 9. The number of benzene rings is 2. The fourth-order valence-corrected chi connectivity index (χ4v) is 3.23. The Hall–Kier alpha value is -1.64. The van der Waals surface area contributed by atoms with Crippen LogP contribution in [0.1, 0.15) is 11.7 Å². The molecule has 0 fully saturated rings. The number of hydrogen-bond acceptors (Lipinski definition) is 5. The SMILES string of the molecule is CN(C)CCOCC(O)c1cccc(NS(=O)(=O)c2ccccc2)c1.Cl. The van der Waals surface area contributed by atoms with Gasteiger partial charge < -0.3 is 14.7 Å². The molecule has 2 N–H and O–H groups in total. The molecular formula is C18H25ClN2O4S. The fraction of sp³-hybridized carbons (Fsp3) is 0.333. The highest BCUT2D eigenvalue weighted by atomic mass is 35.5. The maximum Gasteiger partial charge on any atom is 0.261 e. The Morgan fingerprint density at radius 2 is 1.81 bits per heavy atom. The Labute approximate surface area is 161 Å². The summed E-state index contributed by atoms with van der Waals surface area (Å²) in [5.74, 6) is 0. The van der Waals surface area contributed by atoms with Crippen LogP contribution in [-0.2, 0) is 14.8 Å². The van der Waals surface area contributed by atoms with Crippen molar-refractivity contribution in [2.24, 2.45) is 0 Å². The third-order valence-corrected chi connectivity index (χ3v) is 4.93. The molecular weight excluding hydrogens is 376 g/mol. The van der Waals surface area contributed by atoms with Gasteiger partial charge in [0.2, 0.25) is 0 Å². The highest BCUT2D eigenvalue weighted by molar-refractivity contribution is 7.92. The van der Waals surface area contributed by atoms with Crippen LogP contribution in [0.3, 0.4) is 0 Å². The second-order valence-corrected chi connectivity index (χ2v) is 7.62. The number of sulfonamides is 1. The summed E-state index contributed by atoms with van der Waals surface area (Å²) in [7, 11) is 0.238. The lowest BCUT2D eigenvalue weighted by molar-refractivity contribution is 0.0307. The van der Waals surface area contributed by atoms with Gasteiger partial charge in [0.1, 0.15) is 6.10 Å². The molecule has 0 aliphatic rings. The minimum atomic E-state index is -3.65. The summed E-state index contributed by atoms with van der Waals surface area (Å²) in [6, 6.07) is 14.8. The number of aliphatic hydroxyl groups is 1. The lowest BCUT2D eigenvalue weighted by atomic mass is 10.1. The van der Waals surface area contributed by atoms with E-state index in [1.165, 1.54) is 12.1 Å². The van der Waals surface area contributed by atoms with Gasteiger partial charge in [-0.2, -0.15) is 0 Å². The van der Waals surface area contributed by atoms with Crippen LogP contribution < -0.4 is 4.72 Å². The van der Waals surface area contributed by atoms with Crippen molar-refractivity contribution in [2.45, 2.75) is 11.0 Å². The lowest BCUT2D eigenvalue weighted by Gasteiger charge is -2.15. The van der Waals surface area contributed by atoms with Crippen LogP contribution in [0, 0.1) is 0 Å². The Morgan fingerprint density at radius 3 is 2.46 bits per heavy atom. The van der Waals surface area contributed by atoms with E-state index in [1.54, 1.807) is 42.5 Å². The third-order valence-electron chi connectivity index (χ3n) is 3.54. The molecule has 1 unspecified atom stereocenters. The normalized spacial score (nSPS) is 12.5. The first-order chi connectivity index (χ1) is 11.9. The van der Waals surface area contributed by atoms with Gasteiger partial charge in [-0.05, 0) is 43.9 Å². The average Bonchev–Trinajstić information content (AvgIpc) is 2.59. The van der Waals surface area contributed by atoms with E-state index in [0.29, 0.717) is 17.9 Å². The summed E-state index contributed by atoms with van der Waals surface area (Å²) in [6.07, 6.45) is -0.816. The van der Waals surface area contributed by atoms with E-state index in [1.807, 2.05) is 19.0 Å². The number of aliphatic hydroxyl groups excluding tert-OH is 1. The molecule has 0 radical (unpaired) electrons. The summed E-state index contributed by atoms with van der Waals surface area (Å²) in [5, 5.41) is 10.2. The van der Waals surface area contributed by atoms with Crippen LogP contribution in [0.2, 0.25) is 0 Å². The van der Waals surface area contributed by atoms with Gasteiger partial charge in [0.15, 0.2) is 0 Å². The van der Waals surface area contributed by atoms with Crippen molar-refractivity contribution >= 4 is 28.1 Å². The maximum atomic E-state index is 12.4. The molecule has 0 amide bonds. The van der Waals surface area contributed by atoms with Gasteiger partial charge in [0.25, 0.3) is 10.0 Å². The van der Waals surface area contributed by atoms with Gasteiger partial charge >= 0.3 is 0 Å². The lowest BCUT2D eigenvalue weighted by Crippen LogP contribution is -2.19. The zero-order valence-electron chi connectivity index (χ0n) is 14.8. The molecule has 1 atom stereocenters. The fourth-order valence-electron chi connectivity index (χ4n) is 2.16. The van der Waals surface area contributed by atoms with E-state index in [-0.39, 0.29) is 23.9 Å². The first-order valence-electron chi connectivity index (χ1n) is 7.97. The molecule has 2 aromatic rings.